The predicted octanol–water partition coefficient (Wildman–Crippen LogP) is 1.48. The summed E-state index contributed by atoms with van der Waals surface area (Å²) in [6.07, 6.45) is 1.75. The topological polar surface area (TPSA) is 75.4 Å². The molecule has 1 aromatic rings. The molecule has 6 heteroatoms. The highest BCUT2D eigenvalue weighted by Gasteiger charge is 2.27. The molecule has 0 radical (unpaired) electrons. The summed E-state index contributed by atoms with van der Waals surface area (Å²) < 4.78 is 14.5. The van der Waals surface area contributed by atoms with Crippen molar-refractivity contribution in [2.45, 2.75) is 43.7 Å². The number of benzene rings is 1. The van der Waals surface area contributed by atoms with Crippen molar-refractivity contribution in [3.05, 3.63) is 24.3 Å². The van der Waals surface area contributed by atoms with Gasteiger partial charge in [-0.15, -0.1) is 0 Å². The Morgan fingerprint density at radius 2 is 2.05 bits per heavy atom. The number of carbonyl (C=O) groups excluding carboxylic acids is 1. The van der Waals surface area contributed by atoms with Gasteiger partial charge in [0, 0.05) is 31.2 Å². The van der Waals surface area contributed by atoms with E-state index in [-0.39, 0.29) is 18.0 Å². The predicted molar refractivity (Wildman–Crippen MR) is 80.5 cm³/mol. The summed E-state index contributed by atoms with van der Waals surface area (Å²) in [4.78, 5) is 11.7. The Morgan fingerprint density at radius 1 is 1.40 bits per heavy atom. The van der Waals surface area contributed by atoms with Crippen molar-refractivity contribution in [1.82, 2.24) is 4.31 Å². The largest absolute Gasteiger partial charge is 0.328 e. The zero-order valence-corrected chi connectivity index (χ0v) is 12.7. The number of nitrogens with one attached hydrogen (secondary N) is 1. The molecule has 0 saturated carbocycles. The quantitative estimate of drug-likeness (QED) is 0.887. The monoisotopic (exact) mass is 295 g/mol. The van der Waals surface area contributed by atoms with Crippen molar-refractivity contribution in [2.24, 2.45) is 5.73 Å². The van der Waals surface area contributed by atoms with Crippen LogP contribution in [0.25, 0.3) is 0 Å². The van der Waals surface area contributed by atoms with Gasteiger partial charge in [-0.05, 0) is 44.0 Å². The van der Waals surface area contributed by atoms with E-state index in [9.17, 15) is 9.00 Å². The summed E-state index contributed by atoms with van der Waals surface area (Å²) in [7, 11) is -1.17. The highest BCUT2D eigenvalue weighted by molar-refractivity contribution is 7.82. The second kappa shape index (κ2) is 6.47. The fourth-order valence-electron chi connectivity index (χ4n) is 2.43. The van der Waals surface area contributed by atoms with Crippen molar-refractivity contribution in [3.8, 4) is 0 Å². The molecule has 110 valence electrons. The van der Waals surface area contributed by atoms with Crippen LogP contribution < -0.4 is 11.1 Å². The minimum atomic E-state index is -1.17. The van der Waals surface area contributed by atoms with Crippen molar-refractivity contribution in [1.29, 1.82) is 0 Å². The third kappa shape index (κ3) is 3.65. The van der Waals surface area contributed by atoms with Crippen LogP contribution in [0.2, 0.25) is 0 Å². The molecule has 3 N–H and O–H groups in total. The zero-order chi connectivity index (χ0) is 14.7. The minimum absolute atomic E-state index is 0.113. The number of carbonyl (C=O) groups is 1. The number of hydrogen-bond donors (Lipinski definition) is 2. The Labute approximate surface area is 122 Å². The molecular weight excluding hydrogens is 274 g/mol. The van der Waals surface area contributed by atoms with Crippen LogP contribution >= 0.6 is 0 Å². The number of nitrogens with two attached hydrogens (primary N) is 1. The van der Waals surface area contributed by atoms with Gasteiger partial charge in [0.05, 0.1) is 4.90 Å². The molecule has 1 saturated heterocycles. The van der Waals surface area contributed by atoms with E-state index in [0.29, 0.717) is 5.69 Å². The minimum Gasteiger partial charge on any atom is -0.328 e. The smallest absolute Gasteiger partial charge is 0.221 e. The number of hydrogen-bond acceptors (Lipinski definition) is 3. The van der Waals surface area contributed by atoms with E-state index in [4.69, 9.17) is 5.73 Å². The van der Waals surface area contributed by atoms with Gasteiger partial charge < -0.3 is 11.1 Å². The number of amides is 1. The first-order valence-corrected chi connectivity index (χ1v) is 7.90. The van der Waals surface area contributed by atoms with E-state index >= 15 is 0 Å². The van der Waals surface area contributed by atoms with E-state index in [1.54, 1.807) is 24.3 Å². The maximum absolute atomic E-state index is 12.6. The Balaban J connectivity index is 2.07. The Hall–Kier alpha value is -1.24. The van der Waals surface area contributed by atoms with E-state index in [1.807, 2.05) is 4.31 Å². The molecule has 0 bridgehead atoms. The van der Waals surface area contributed by atoms with Crippen molar-refractivity contribution >= 4 is 22.6 Å². The lowest BCUT2D eigenvalue weighted by Crippen LogP contribution is -2.46. The summed E-state index contributed by atoms with van der Waals surface area (Å²) in [6.45, 7) is 4.27. The van der Waals surface area contributed by atoms with Gasteiger partial charge in [0.15, 0.2) is 0 Å². The maximum atomic E-state index is 12.6. The van der Waals surface area contributed by atoms with E-state index in [1.165, 1.54) is 6.92 Å². The molecule has 1 aliphatic rings. The molecule has 1 fully saturated rings. The third-order valence-corrected chi connectivity index (χ3v) is 5.09. The Morgan fingerprint density at radius 3 is 2.60 bits per heavy atom. The van der Waals surface area contributed by atoms with E-state index in [0.717, 1.165) is 24.3 Å². The maximum Gasteiger partial charge on any atom is 0.221 e. The molecule has 1 aromatic carbocycles. The second-order valence-corrected chi connectivity index (χ2v) is 6.67. The van der Waals surface area contributed by atoms with Crippen LogP contribution in [0.15, 0.2) is 29.2 Å². The van der Waals surface area contributed by atoms with Crippen molar-refractivity contribution in [2.75, 3.05) is 11.9 Å². The van der Waals surface area contributed by atoms with Crippen LogP contribution in [-0.2, 0) is 15.8 Å². The number of rotatable bonds is 3. The van der Waals surface area contributed by atoms with Crippen molar-refractivity contribution in [3.63, 3.8) is 0 Å². The number of piperidine rings is 1. The van der Waals surface area contributed by atoms with Gasteiger partial charge in [-0.1, -0.05) is 0 Å². The standard InChI is InChI=1S/C14H21N3O2S/c1-10-9-12(15)7-8-17(10)20(19)14-5-3-13(4-6-14)16-11(2)18/h3-6,10,12H,7-9,15H2,1-2H3,(H,16,18). The highest BCUT2D eigenvalue weighted by Crippen LogP contribution is 2.22. The Kier molecular flexibility index (Phi) is 4.91. The molecule has 20 heavy (non-hydrogen) atoms. The number of anilines is 1. The first-order valence-electron chi connectivity index (χ1n) is 6.79. The SMILES string of the molecule is CC(=O)Nc1ccc(S(=O)N2CCC(N)CC2C)cc1. The molecule has 5 nitrogen and oxygen atoms in total. The summed E-state index contributed by atoms with van der Waals surface area (Å²) in [5.74, 6) is -0.113. The molecule has 1 aliphatic heterocycles. The van der Waals surface area contributed by atoms with E-state index < -0.39 is 11.0 Å². The molecule has 2 rings (SSSR count). The van der Waals surface area contributed by atoms with Crippen LogP contribution in [0.1, 0.15) is 26.7 Å². The van der Waals surface area contributed by atoms with Gasteiger partial charge in [-0.25, -0.2) is 8.51 Å². The van der Waals surface area contributed by atoms with Gasteiger partial charge in [-0.2, -0.15) is 0 Å². The molecule has 0 aromatic heterocycles. The zero-order valence-electron chi connectivity index (χ0n) is 11.8. The normalized spacial score (nSPS) is 25.1. The third-order valence-electron chi connectivity index (χ3n) is 3.45. The summed E-state index contributed by atoms with van der Waals surface area (Å²) in [5.41, 5.74) is 6.64. The van der Waals surface area contributed by atoms with Crippen LogP contribution in [0.4, 0.5) is 5.69 Å². The fraction of sp³-hybridized carbons (Fsp3) is 0.500. The van der Waals surface area contributed by atoms with Crippen LogP contribution in [0, 0.1) is 0 Å². The van der Waals surface area contributed by atoms with Gasteiger partial charge in [0.25, 0.3) is 0 Å². The van der Waals surface area contributed by atoms with Gasteiger partial charge in [-0.3, -0.25) is 4.79 Å². The van der Waals surface area contributed by atoms with Crippen LogP contribution in [0.3, 0.4) is 0 Å². The molecule has 0 aliphatic carbocycles. The lowest BCUT2D eigenvalue weighted by atomic mass is 10.0. The molecule has 0 spiro atoms. The summed E-state index contributed by atoms with van der Waals surface area (Å²) >= 11 is 0. The van der Waals surface area contributed by atoms with Crippen LogP contribution in [0.5, 0.6) is 0 Å². The van der Waals surface area contributed by atoms with Gasteiger partial charge >= 0.3 is 0 Å². The van der Waals surface area contributed by atoms with Gasteiger partial charge in [0.2, 0.25) is 5.91 Å². The molecule has 3 atom stereocenters. The summed E-state index contributed by atoms with van der Waals surface area (Å²) in [6, 6.07) is 7.56. The fourth-order valence-corrected chi connectivity index (χ4v) is 3.75. The average Bonchev–Trinajstić information content (AvgIpc) is 2.38. The summed E-state index contributed by atoms with van der Waals surface area (Å²) in [5, 5.41) is 2.70. The van der Waals surface area contributed by atoms with Crippen LogP contribution in [-0.4, -0.2) is 33.0 Å². The van der Waals surface area contributed by atoms with Crippen molar-refractivity contribution < 1.29 is 9.00 Å². The lowest BCUT2D eigenvalue weighted by Gasteiger charge is -2.34. The molecule has 1 amide bonds. The molecular formula is C14H21N3O2S. The first kappa shape index (κ1) is 15.2. The molecule has 3 unspecified atom stereocenters. The Bertz CT molecular complexity index is 504. The molecule has 1 heterocycles. The van der Waals surface area contributed by atoms with E-state index in [2.05, 4.69) is 12.2 Å². The highest BCUT2D eigenvalue weighted by atomic mass is 32.2. The lowest BCUT2D eigenvalue weighted by molar-refractivity contribution is -0.114. The first-order chi connectivity index (χ1) is 9.47. The van der Waals surface area contributed by atoms with Gasteiger partial charge in [0.1, 0.15) is 11.0 Å². The second-order valence-electron chi connectivity index (χ2n) is 5.23. The average molecular weight is 295 g/mol. The number of nitrogens with zero attached hydrogens (tertiary/aromatic N) is 1.